The van der Waals surface area contributed by atoms with Crippen LogP contribution >= 0.6 is 0 Å². The topological polar surface area (TPSA) is 65.9 Å². The van der Waals surface area contributed by atoms with Gasteiger partial charge < -0.3 is 10.6 Å². The lowest BCUT2D eigenvalue weighted by Crippen LogP contribution is -2.36. The summed E-state index contributed by atoms with van der Waals surface area (Å²) in [5, 5.41) is 10.3. The van der Waals surface area contributed by atoms with Crippen molar-refractivity contribution in [1.82, 2.24) is 4.98 Å². The van der Waals surface area contributed by atoms with Crippen molar-refractivity contribution in [3.63, 3.8) is 0 Å². The van der Waals surface area contributed by atoms with Crippen molar-refractivity contribution < 1.29 is 0 Å². The van der Waals surface area contributed by atoms with Crippen LogP contribution in [-0.4, -0.2) is 24.6 Å². The molecular weight excluding hydrogens is 248 g/mol. The quantitative estimate of drug-likeness (QED) is 0.905. The number of fused-ring (bicyclic) bond motifs is 1. The Labute approximate surface area is 118 Å². The molecule has 1 saturated heterocycles. The molecule has 1 aromatic heterocycles. The molecule has 0 saturated carbocycles. The van der Waals surface area contributed by atoms with Gasteiger partial charge in [-0.05, 0) is 37.4 Å². The van der Waals surface area contributed by atoms with Crippen molar-refractivity contribution in [2.24, 2.45) is 11.7 Å². The summed E-state index contributed by atoms with van der Waals surface area (Å²) in [4.78, 5) is 6.97. The van der Waals surface area contributed by atoms with Crippen molar-refractivity contribution in [2.45, 2.75) is 12.8 Å². The number of aromatic nitrogens is 1. The van der Waals surface area contributed by atoms with E-state index in [4.69, 9.17) is 10.7 Å². The summed E-state index contributed by atoms with van der Waals surface area (Å²) in [6, 6.07) is 12.0. The second kappa shape index (κ2) is 5.48. The summed E-state index contributed by atoms with van der Waals surface area (Å²) < 4.78 is 0. The summed E-state index contributed by atoms with van der Waals surface area (Å²) in [6.45, 7) is 2.71. The van der Waals surface area contributed by atoms with Crippen molar-refractivity contribution >= 4 is 16.7 Å². The molecular formula is C16H18N4. The van der Waals surface area contributed by atoms with E-state index in [-0.39, 0.29) is 0 Å². The lowest BCUT2D eigenvalue weighted by molar-refractivity contribution is 0.413. The van der Waals surface area contributed by atoms with Crippen LogP contribution in [0.1, 0.15) is 18.4 Å². The van der Waals surface area contributed by atoms with E-state index in [9.17, 15) is 5.26 Å². The molecule has 2 N–H and O–H groups in total. The van der Waals surface area contributed by atoms with Gasteiger partial charge in [-0.2, -0.15) is 5.26 Å². The lowest BCUT2D eigenvalue weighted by atomic mass is 9.97. The monoisotopic (exact) mass is 266 g/mol. The highest BCUT2D eigenvalue weighted by Gasteiger charge is 2.20. The molecule has 2 aromatic rings. The molecule has 1 fully saturated rings. The van der Waals surface area contributed by atoms with Gasteiger partial charge in [-0.3, -0.25) is 0 Å². The summed E-state index contributed by atoms with van der Waals surface area (Å²) >= 11 is 0. The number of pyridine rings is 1. The van der Waals surface area contributed by atoms with Gasteiger partial charge in [-0.15, -0.1) is 0 Å². The number of nitriles is 1. The first-order valence-electron chi connectivity index (χ1n) is 7.06. The third kappa shape index (κ3) is 2.33. The largest absolute Gasteiger partial charge is 0.357 e. The Hall–Kier alpha value is -2.12. The summed E-state index contributed by atoms with van der Waals surface area (Å²) in [6.07, 6.45) is 2.21. The van der Waals surface area contributed by atoms with Crippen LogP contribution in [0.4, 0.5) is 5.82 Å². The standard InChI is InChI=1S/C16H18N4/c17-10-12-5-7-20(8-6-12)16-9-13(11-18)14-3-1-2-4-15(14)19-16/h1-4,9,12H,5-8,10,17H2. The zero-order valence-corrected chi connectivity index (χ0v) is 11.4. The van der Waals surface area contributed by atoms with E-state index < -0.39 is 0 Å². The first-order chi connectivity index (χ1) is 9.81. The van der Waals surface area contributed by atoms with Gasteiger partial charge in [-0.25, -0.2) is 4.98 Å². The molecule has 4 nitrogen and oxygen atoms in total. The first-order valence-corrected chi connectivity index (χ1v) is 7.06. The van der Waals surface area contributed by atoms with Gasteiger partial charge in [0.25, 0.3) is 0 Å². The van der Waals surface area contributed by atoms with Gasteiger partial charge in [0.1, 0.15) is 5.82 Å². The van der Waals surface area contributed by atoms with Crippen LogP contribution in [0.2, 0.25) is 0 Å². The van der Waals surface area contributed by atoms with Gasteiger partial charge in [0, 0.05) is 18.5 Å². The number of hydrogen-bond acceptors (Lipinski definition) is 4. The molecule has 0 radical (unpaired) electrons. The second-order valence-corrected chi connectivity index (χ2v) is 5.32. The van der Waals surface area contributed by atoms with Crippen LogP contribution in [-0.2, 0) is 0 Å². The Morgan fingerprint density at radius 3 is 2.75 bits per heavy atom. The van der Waals surface area contributed by atoms with Crippen molar-refractivity contribution in [1.29, 1.82) is 5.26 Å². The molecule has 1 aliphatic heterocycles. The van der Waals surface area contributed by atoms with Gasteiger partial charge in [0.05, 0.1) is 17.1 Å². The fourth-order valence-electron chi connectivity index (χ4n) is 2.81. The minimum Gasteiger partial charge on any atom is -0.357 e. The first kappa shape index (κ1) is 12.9. The van der Waals surface area contributed by atoms with Gasteiger partial charge >= 0.3 is 0 Å². The minimum absolute atomic E-state index is 0.627. The van der Waals surface area contributed by atoms with E-state index >= 15 is 0 Å². The molecule has 0 aliphatic carbocycles. The maximum absolute atomic E-state index is 9.33. The number of benzene rings is 1. The predicted octanol–water partition coefficient (Wildman–Crippen LogP) is 2.28. The number of nitrogens with zero attached hydrogens (tertiary/aromatic N) is 3. The highest BCUT2D eigenvalue weighted by atomic mass is 15.2. The number of rotatable bonds is 2. The highest BCUT2D eigenvalue weighted by molar-refractivity contribution is 5.86. The van der Waals surface area contributed by atoms with E-state index in [1.165, 1.54) is 0 Å². The van der Waals surface area contributed by atoms with E-state index in [0.717, 1.165) is 49.2 Å². The highest BCUT2D eigenvalue weighted by Crippen LogP contribution is 2.25. The molecule has 20 heavy (non-hydrogen) atoms. The van der Waals surface area contributed by atoms with E-state index in [2.05, 4.69) is 11.0 Å². The predicted molar refractivity (Wildman–Crippen MR) is 80.4 cm³/mol. The molecule has 1 aliphatic rings. The SMILES string of the molecule is N#Cc1cc(N2CCC(CN)CC2)nc2ccccc12. The summed E-state index contributed by atoms with van der Waals surface area (Å²) in [5.74, 6) is 1.54. The van der Waals surface area contributed by atoms with E-state index in [1.807, 2.05) is 30.3 Å². The molecule has 102 valence electrons. The Kier molecular flexibility index (Phi) is 3.53. The molecule has 1 aromatic carbocycles. The molecule has 3 rings (SSSR count). The number of para-hydroxylation sites is 1. The normalized spacial score (nSPS) is 16.3. The number of piperidine rings is 1. The van der Waals surface area contributed by atoms with Crippen LogP contribution in [0.5, 0.6) is 0 Å². The number of anilines is 1. The molecule has 2 heterocycles. The van der Waals surface area contributed by atoms with Crippen molar-refractivity contribution in [3.05, 3.63) is 35.9 Å². The van der Waals surface area contributed by atoms with Crippen LogP contribution in [0.25, 0.3) is 10.9 Å². The van der Waals surface area contributed by atoms with Crippen molar-refractivity contribution in [3.8, 4) is 6.07 Å². The second-order valence-electron chi connectivity index (χ2n) is 5.32. The zero-order chi connectivity index (χ0) is 13.9. The molecule has 0 amide bonds. The Bertz CT molecular complexity index is 651. The fraction of sp³-hybridized carbons (Fsp3) is 0.375. The average molecular weight is 266 g/mol. The van der Waals surface area contributed by atoms with Crippen LogP contribution < -0.4 is 10.6 Å². The third-order valence-electron chi connectivity index (χ3n) is 4.09. The van der Waals surface area contributed by atoms with Gasteiger partial charge in [0.2, 0.25) is 0 Å². The fourth-order valence-corrected chi connectivity index (χ4v) is 2.81. The Balaban J connectivity index is 1.95. The maximum Gasteiger partial charge on any atom is 0.130 e. The molecule has 0 spiro atoms. The Morgan fingerprint density at radius 2 is 2.05 bits per heavy atom. The lowest BCUT2D eigenvalue weighted by Gasteiger charge is -2.32. The molecule has 0 atom stereocenters. The van der Waals surface area contributed by atoms with E-state index in [0.29, 0.717) is 11.5 Å². The minimum atomic E-state index is 0.627. The molecule has 4 heteroatoms. The number of nitrogens with two attached hydrogens (primary N) is 1. The summed E-state index contributed by atoms with van der Waals surface area (Å²) in [7, 11) is 0. The third-order valence-corrected chi connectivity index (χ3v) is 4.09. The van der Waals surface area contributed by atoms with Crippen LogP contribution in [0, 0.1) is 17.2 Å². The molecule has 0 unspecified atom stereocenters. The maximum atomic E-state index is 9.33. The molecule has 0 bridgehead atoms. The zero-order valence-electron chi connectivity index (χ0n) is 11.4. The average Bonchev–Trinajstić information content (AvgIpc) is 2.54. The summed E-state index contributed by atoms with van der Waals surface area (Å²) in [5.41, 5.74) is 7.32. The van der Waals surface area contributed by atoms with Crippen molar-refractivity contribution in [2.75, 3.05) is 24.5 Å². The van der Waals surface area contributed by atoms with Gasteiger partial charge in [-0.1, -0.05) is 18.2 Å². The Morgan fingerprint density at radius 1 is 1.30 bits per heavy atom. The number of hydrogen-bond donors (Lipinski definition) is 1. The van der Waals surface area contributed by atoms with Crippen LogP contribution in [0.3, 0.4) is 0 Å². The van der Waals surface area contributed by atoms with Crippen LogP contribution in [0.15, 0.2) is 30.3 Å². The van der Waals surface area contributed by atoms with E-state index in [1.54, 1.807) is 0 Å². The smallest absolute Gasteiger partial charge is 0.130 e. The van der Waals surface area contributed by atoms with Gasteiger partial charge in [0.15, 0.2) is 0 Å².